The third kappa shape index (κ3) is 3.22. The number of benzene rings is 1. The van der Waals surface area contributed by atoms with Gasteiger partial charge in [-0.3, -0.25) is 0 Å². The summed E-state index contributed by atoms with van der Waals surface area (Å²) in [6.07, 6.45) is 3.32. The number of rotatable bonds is 3. The number of aryl methyl sites for hydroxylation is 1. The third-order valence-electron chi connectivity index (χ3n) is 2.67. The lowest BCUT2D eigenvalue weighted by Gasteiger charge is -2.15. The third-order valence-corrected chi connectivity index (χ3v) is 3.84. The van der Waals surface area contributed by atoms with E-state index in [9.17, 15) is 0 Å². The first-order chi connectivity index (χ1) is 7.75. The summed E-state index contributed by atoms with van der Waals surface area (Å²) in [5.41, 5.74) is 3.86. The minimum Gasteiger partial charge on any atom is -0.381 e. The molecule has 0 spiro atoms. The Morgan fingerprint density at radius 1 is 1.44 bits per heavy atom. The van der Waals surface area contributed by atoms with E-state index in [4.69, 9.17) is 4.74 Å². The monoisotopic (exact) mass is 329 g/mol. The molecule has 1 aliphatic rings. The lowest BCUT2D eigenvalue weighted by molar-refractivity contribution is 0.150. The predicted octanol–water partition coefficient (Wildman–Crippen LogP) is 3.36. The summed E-state index contributed by atoms with van der Waals surface area (Å²) in [4.78, 5) is 0. The number of anilines is 1. The highest BCUT2D eigenvalue weighted by atomic mass is 127. The van der Waals surface area contributed by atoms with Gasteiger partial charge in [-0.1, -0.05) is 12.1 Å². The van der Waals surface area contributed by atoms with Crippen LogP contribution in [0, 0.1) is 10.5 Å². The van der Waals surface area contributed by atoms with Gasteiger partial charge in [-0.25, -0.2) is 0 Å². The zero-order chi connectivity index (χ0) is 11.4. The van der Waals surface area contributed by atoms with Crippen molar-refractivity contribution in [2.24, 2.45) is 0 Å². The second kappa shape index (κ2) is 5.68. The van der Waals surface area contributed by atoms with Gasteiger partial charge >= 0.3 is 0 Å². The molecule has 0 atom stereocenters. The van der Waals surface area contributed by atoms with Crippen molar-refractivity contribution in [3.8, 4) is 0 Å². The van der Waals surface area contributed by atoms with Crippen LogP contribution in [0.15, 0.2) is 29.8 Å². The molecule has 2 nitrogen and oxygen atoms in total. The van der Waals surface area contributed by atoms with E-state index < -0.39 is 0 Å². The van der Waals surface area contributed by atoms with Crippen LogP contribution in [0.5, 0.6) is 0 Å². The molecule has 0 fully saturated rings. The van der Waals surface area contributed by atoms with Gasteiger partial charge in [-0.05, 0) is 59.2 Å². The number of ether oxygens (including phenoxy) is 1. The van der Waals surface area contributed by atoms with Gasteiger partial charge in [0.25, 0.3) is 0 Å². The van der Waals surface area contributed by atoms with Crippen molar-refractivity contribution in [3.05, 3.63) is 39.0 Å². The van der Waals surface area contributed by atoms with Gasteiger partial charge in [0.15, 0.2) is 0 Å². The summed E-state index contributed by atoms with van der Waals surface area (Å²) in [7, 11) is 0. The molecule has 0 radical (unpaired) electrons. The molecule has 1 heterocycles. The molecule has 1 aromatic rings. The summed E-state index contributed by atoms with van der Waals surface area (Å²) in [5.74, 6) is 0. The van der Waals surface area contributed by atoms with Gasteiger partial charge in [0, 0.05) is 15.8 Å². The molecule has 0 amide bonds. The standard InChI is InChI=1S/C13H16INO/c1-10-4-5-12(7-13(10)14)15-8-11-3-2-6-16-9-11/h3-5,7,15H,2,6,8-9H2,1H3. The number of nitrogens with one attached hydrogen (secondary N) is 1. The van der Waals surface area contributed by atoms with Crippen molar-refractivity contribution < 1.29 is 4.74 Å². The largest absolute Gasteiger partial charge is 0.381 e. The minimum absolute atomic E-state index is 0.774. The number of hydrogen-bond acceptors (Lipinski definition) is 2. The molecule has 0 saturated heterocycles. The van der Waals surface area contributed by atoms with Crippen molar-refractivity contribution >= 4 is 28.3 Å². The first-order valence-corrected chi connectivity index (χ1v) is 6.59. The molecule has 2 rings (SSSR count). The Balaban J connectivity index is 1.94. The predicted molar refractivity (Wildman–Crippen MR) is 75.9 cm³/mol. The van der Waals surface area contributed by atoms with Crippen LogP contribution in [-0.4, -0.2) is 19.8 Å². The smallest absolute Gasteiger partial charge is 0.0693 e. The Bertz CT molecular complexity index is 401. The Morgan fingerprint density at radius 2 is 2.31 bits per heavy atom. The van der Waals surface area contributed by atoms with Crippen molar-refractivity contribution in [1.82, 2.24) is 0 Å². The SMILES string of the molecule is Cc1ccc(NCC2=CCCOC2)cc1I. The van der Waals surface area contributed by atoms with Crippen LogP contribution in [0.25, 0.3) is 0 Å². The van der Waals surface area contributed by atoms with E-state index in [0.29, 0.717) is 0 Å². The first kappa shape index (κ1) is 11.9. The topological polar surface area (TPSA) is 21.3 Å². The summed E-state index contributed by atoms with van der Waals surface area (Å²) in [6.45, 7) is 4.66. The van der Waals surface area contributed by atoms with Crippen LogP contribution in [0.2, 0.25) is 0 Å². The normalized spacial score (nSPS) is 15.8. The van der Waals surface area contributed by atoms with Gasteiger partial charge in [0.1, 0.15) is 0 Å². The zero-order valence-corrected chi connectivity index (χ0v) is 11.6. The van der Waals surface area contributed by atoms with E-state index in [-0.39, 0.29) is 0 Å². The summed E-state index contributed by atoms with van der Waals surface area (Å²) >= 11 is 2.36. The minimum atomic E-state index is 0.774. The molecule has 1 aliphatic heterocycles. The van der Waals surface area contributed by atoms with Crippen LogP contribution in [0.1, 0.15) is 12.0 Å². The summed E-state index contributed by atoms with van der Waals surface area (Å²) in [5, 5.41) is 3.43. The Morgan fingerprint density at radius 3 is 3.00 bits per heavy atom. The Labute approximate surface area is 110 Å². The molecular formula is C13H16INO. The lowest BCUT2D eigenvalue weighted by atomic mass is 10.2. The summed E-state index contributed by atoms with van der Waals surface area (Å²) in [6, 6.07) is 6.46. The molecule has 0 unspecified atom stereocenters. The van der Waals surface area contributed by atoms with E-state index in [1.165, 1.54) is 20.4 Å². The van der Waals surface area contributed by atoms with Gasteiger partial charge in [-0.15, -0.1) is 0 Å². The molecule has 86 valence electrons. The van der Waals surface area contributed by atoms with Gasteiger partial charge < -0.3 is 10.1 Å². The second-order valence-corrected chi connectivity index (χ2v) is 5.18. The molecule has 3 heteroatoms. The molecule has 16 heavy (non-hydrogen) atoms. The zero-order valence-electron chi connectivity index (χ0n) is 9.42. The van der Waals surface area contributed by atoms with Crippen molar-refractivity contribution in [2.45, 2.75) is 13.3 Å². The molecule has 0 aromatic heterocycles. The van der Waals surface area contributed by atoms with E-state index in [1.807, 2.05) is 0 Å². The van der Waals surface area contributed by atoms with E-state index in [1.54, 1.807) is 0 Å². The van der Waals surface area contributed by atoms with Crippen LogP contribution in [0.3, 0.4) is 0 Å². The van der Waals surface area contributed by atoms with Crippen LogP contribution in [-0.2, 0) is 4.74 Å². The highest BCUT2D eigenvalue weighted by Gasteiger charge is 2.03. The molecule has 0 saturated carbocycles. The average molecular weight is 329 g/mol. The fourth-order valence-corrected chi connectivity index (χ4v) is 2.17. The van der Waals surface area contributed by atoms with Crippen LogP contribution in [0.4, 0.5) is 5.69 Å². The summed E-state index contributed by atoms with van der Waals surface area (Å²) < 4.78 is 6.71. The van der Waals surface area contributed by atoms with Gasteiger partial charge in [0.2, 0.25) is 0 Å². The fourth-order valence-electron chi connectivity index (χ4n) is 1.65. The molecule has 1 N–H and O–H groups in total. The maximum absolute atomic E-state index is 5.40. The first-order valence-electron chi connectivity index (χ1n) is 5.51. The van der Waals surface area contributed by atoms with Gasteiger partial charge in [-0.2, -0.15) is 0 Å². The van der Waals surface area contributed by atoms with Crippen molar-refractivity contribution in [3.63, 3.8) is 0 Å². The number of halogens is 1. The highest BCUT2D eigenvalue weighted by Crippen LogP contribution is 2.17. The van der Waals surface area contributed by atoms with Crippen LogP contribution < -0.4 is 5.32 Å². The molecular weight excluding hydrogens is 313 g/mol. The molecule has 0 bridgehead atoms. The van der Waals surface area contributed by atoms with E-state index >= 15 is 0 Å². The van der Waals surface area contributed by atoms with E-state index in [2.05, 4.69) is 59.1 Å². The second-order valence-electron chi connectivity index (χ2n) is 4.02. The lowest BCUT2D eigenvalue weighted by Crippen LogP contribution is -2.14. The highest BCUT2D eigenvalue weighted by molar-refractivity contribution is 14.1. The fraction of sp³-hybridized carbons (Fsp3) is 0.385. The Hall–Kier alpha value is -0.550. The van der Waals surface area contributed by atoms with Crippen molar-refractivity contribution in [2.75, 3.05) is 25.1 Å². The quantitative estimate of drug-likeness (QED) is 0.678. The van der Waals surface area contributed by atoms with E-state index in [0.717, 1.165) is 26.2 Å². The molecule has 1 aromatic carbocycles. The average Bonchev–Trinajstić information content (AvgIpc) is 2.32. The Kier molecular flexibility index (Phi) is 4.23. The maximum atomic E-state index is 5.40. The maximum Gasteiger partial charge on any atom is 0.0693 e. The molecule has 0 aliphatic carbocycles. The van der Waals surface area contributed by atoms with Crippen LogP contribution >= 0.6 is 22.6 Å². The van der Waals surface area contributed by atoms with Crippen molar-refractivity contribution in [1.29, 1.82) is 0 Å². The van der Waals surface area contributed by atoms with Gasteiger partial charge in [0.05, 0.1) is 13.2 Å². The number of hydrogen-bond donors (Lipinski definition) is 1.